The molecule has 3 aromatic carbocycles. The smallest absolute Gasteiger partial charge is 0.369 e. The Bertz CT molecular complexity index is 1380. The zero-order valence-corrected chi connectivity index (χ0v) is 21.6. The fourth-order valence-electron chi connectivity index (χ4n) is 3.91. The van der Waals surface area contributed by atoms with E-state index < -0.39 is 21.8 Å². The maximum Gasteiger partial charge on any atom is 0.416 e. The second kappa shape index (κ2) is 10.9. The number of hydrogen-bond acceptors (Lipinski definition) is 4. The molecule has 6 nitrogen and oxygen atoms in total. The number of benzene rings is 3. The van der Waals surface area contributed by atoms with Gasteiger partial charge in [-0.1, -0.05) is 23.7 Å². The highest BCUT2D eigenvalue weighted by Gasteiger charge is 2.33. The molecule has 0 unspecified atom stereocenters. The molecular weight excluding hydrogens is 550 g/mol. The van der Waals surface area contributed by atoms with Crippen LogP contribution >= 0.6 is 23.2 Å². The van der Waals surface area contributed by atoms with E-state index in [1.807, 2.05) is 0 Å². The summed E-state index contributed by atoms with van der Waals surface area (Å²) in [6, 6.07) is 15.9. The van der Waals surface area contributed by atoms with Crippen LogP contribution in [0.5, 0.6) is 0 Å². The molecule has 4 rings (SSSR count). The van der Waals surface area contributed by atoms with Gasteiger partial charge in [-0.05, 0) is 60.2 Å². The minimum atomic E-state index is -4.54. The summed E-state index contributed by atoms with van der Waals surface area (Å²) in [5.74, 6) is -0.00510. The molecule has 0 spiro atoms. The quantitative estimate of drug-likeness (QED) is 0.376. The minimum Gasteiger partial charge on any atom is -0.369 e. The van der Waals surface area contributed by atoms with Crippen molar-refractivity contribution in [3.63, 3.8) is 0 Å². The fourth-order valence-corrected chi connectivity index (χ4v) is 5.74. The number of alkyl halides is 4. The highest BCUT2D eigenvalue weighted by molar-refractivity contribution is 7.89. The predicted octanol–water partition coefficient (Wildman–Crippen LogP) is 5.86. The summed E-state index contributed by atoms with van der Waals surface area (Å²) in [6.45, 7) is 0.584. The van der Waals surface area contributed by atoms with Crippen LogP contribution in [0.4, 0.5) is 24.5 Å². The van der Waals surface area contributed by atoms with Crippen LogP contribution in [-0.2, 0) is 22.1 Å². The minimum absolute atomic E-state index is 0.0423. The second-order valence-electron chi connectivity index (χ2n) is 8.40. The molecule has 1 aliphatic heterocycles. The van der Waals surface area contributed by atoms with Crippen molar-refractivity contribution < 1.29 is 26.4 Å². The first-order valence-electron chi connectivity index (χ1n) is 11.2. The van der Waals surface area contributed by atoms with Crippen molar-refractivity contribution in [1.29, 1.82) is 0 Å². The first-order valence-corrected chi connectivity index (χ1v) is 13.5. The van der Waals surface area contributed by atoms with Crippen LogP contribution in [0.3, 0.4) is 0 Å². The number of rotatable bonds is 6. The molecule has 1 saturated heterocycles. The SMILES string of the molecule is O=C(Nc1ccc(S(=O)(=O)N2CCN(c3cc(Cl)cc(C(F)(F)F)c3)CC2)cc1)c1ccc(CCl)cc1. The summed E-state index contributed by atoms with van der Waals surface area (Å²) in [6.07, 6.45) is -4.54. The number of hydrogen-bond donors (Lipinski definition) is 1. The van der Waals surface area contributed by atoms with Gasteiger partial charge in [0, 0.05) is 54.0 Å². The molecule has 0 bridgehead atoms. The van der Waals surface area contributed by atoms with Gasteiger partial charge >= 0.3 is 6.18 Å². The molecule has 12 heteroatoms. The molecule has 3 aromatic rings. The van der Waals surface area contributed by atoms with Gasteiger partial charge in [0.1, 0.15) is 0 Å². The number of anilines is 2. The van der Waals surface area contributed by atoms with Crippen LogP contribution in [0.25, 0.3) is 0 Å². The van der Waals surface area contributed by atoms with Gasteiger partial charge in [0.15, 0.2) is 0 Å². The van der Waals surface area contributed by atoms with Crippen molar-refractivity contribution in [1.82, 2.24) is 4.31 Å². The van der Waals surface area contributed by atoms with E-state index in [2.05, 4.69) is 5.32 Å². The zero-order valence-electron chi connectivity index (χ0n) is 19.3. The molecule has 0 aliphatic carbocycles. The Kier molecular flexibility index (Phi) is 8.03. The Morgan fingerprint density at radius 1 is 0.919 bits per heavy atom. The topological polar surface area (TPSA) is 69.7 Å². The lowest BCUT2D eigenvalue weighted by Crippen LogP contribution is -2.48. The number of carbonyl (C=O) groups excluding carboxylic acids is 1. The summed E-state index contributed by atoms with van der Waals surface area (Å²) in [5.41, 5.74) is 1.17. The molecule has 0 radical (unpaired) electrons. The van der Waals surface area contributed by atoms with E-state index in [1.54, 1.807) is 29.2 Å². The van der Waals surface area contributed by atoms with Crippen LogP contribution in [0.2, 0.25) is 5.02 Å². The van der Waals surface area contributed by atoms with Gasteiger partial charge in [-0.15, -0.1) is 11.6 Å². The van der Waals surface area contributed by atoms with Gasteiger partial charge in [0.25, 0.3) is 5.91 Å². The Morgan fingerprint density at radius 3 is 2.11 bits per heavy atom. The van der Waals surface area contributed by atoms with Gasteiger partial charge in [0.05, 0.1) is 10.5 Å². The van der Waals surface area contributed by atoms with Crippen LogP contribution in [-0.4, -0.2) is 44.8 Å². The van der Waals surface area contributed by atoms with E-state index in [0.29, 0.717) is 17.1 Å². The number of amides is 1. The molecular formula is C25H22Cl2F3N3O3S. The molecule has 1 aliphatic rings. The van der Waals surface area contributed by atoms with Crippen LogP contribution < -0.4 is 10.2 Å². The van der Waals surface area contributed by atoms with Crippen molar-refractivity contribution in [3.8, 4) is 0 Å². The predicted molar refractivity (Wildman–Crippen MR) is 138 cm³/mol. The third-order valence-corrected chi connectivity index (χ3v) is 8.37. The average molecular weight is 572 g/mol. The normalized spacial score (nSPS) is 15.0. The fraction of sp³-hybridized carbons (Fsp3) is 0.240. The summed E-state index contributed by atoms with van der Waals surface area (Å²) >= 11 is 11.6. The summed E-state index contributed by atoms with van der Waals surface area (Å²) in [7, 11) is -3.84. The van der Waals surface area contributed by atoms with Crippen molar-refractivity contribution in [2.24, 2.45) is 0 Å². The van der Waals surface area contributed by atoms with Gasteiger partial charge in [-0.25, -0.2) is 8.42 Å². The van der Waals surface area contributed by atoms with E-state index in [0.717, 1.165) is 17.7 Å². The van der Waals surface area contributed by atoms with E-state index in [4.69, 9.17) is 23.2 Å². The number of piperazine rings is 1. The lowest BCUT2D eigenvalue weighted by Gasteiger charge is -2.35. The third-order valence-electron chi connectivity index (χ3n) is 5.93. The standard InChI is InChI=1S/C25H22Cl2F3N3O3S/c26-16-17-1-3-18(4-2-17)24(34)31-21-5-7-23(8-6-21)37(35,36)33-11-9-32(10-12-33)22-14-19(25(28,29)30)13-20(27)15-22/h1-8,13-15H,9-12,16H2,(H,31,34). The Hall–Kier alpha value is -2.79. The van der Waals surface area contributed by atoms with E-state index in [1.165, 1.54) is 34.6 Å². The first kappa shape index (κ1) is 27.3. The van der Waals surface area contributed by atoms with E-state index in [-0.39, 0.29) is 47.7 Å². The largest absolute Gasteiger partial charge is 0.416 e. The Morgan fingerprint density at radius 2 is 1.54 bits per heavy atom. The maximum absolute atomic E-state index is 13.1. The van der Waals surface area contributed by atoms with Crippen LogP contribution in [0, 0.1) is 0 Å². The summed E-state index contributed by atoms with van der Waals surface area (Å²) in [5, 5.41) is 2.68. The Labute approximate surface area is 222 Å². The molecule has 196 valence electrons. The van der Waals surface area contributed by atoms with Crippen molar-refractivity contribution >= 4 is 50.5 Å². The zero-order chi connectivity index (χ0) is 26.8. The number of halogens is 5. The third kappa shape index (κ3) is 6.38. The summed E-state index contributed by atoms with van der Waals surface area (Å²) in [4.78, 5) is 14.2. The highest BCUT2D eigenvalue weighted by atomic mass is 35.5. The number of carbonyl (C=O) groups is 1. The average Bonchev–Trinajstić information content (AvgIpc) is 2.88. The van der Waals surface area contributed by atoms with Gasteiger partial charge in [0.2, 0.25) is 10.0 Å². The highest BCUT2D eigenvalue weighted by Crippen LogP contribution is 2.35. The van der Waals surface area contributed by atoms with E-state index in [9.17, 15) is 26.4 Å². The lowest BCUT2D eigenvalue weighted by molar-refractivity contribution is -0.137. The second-order valence-corrected chi connectivity index (χ2v) is 11.0. The molecule has 1 fully saturated rings. The number of sulfonamides is 1. The summed E-state index contributed by atoms with van der Waals surface area (Å²) < 4.78 is 67.0. The molecule has 37 heavy (non-hydrogen) atoms. The van der Waals surface area contributed by atoms with Gasteiger partial charge in [-0.2, -0.15) is 17.5 Å². The molecule has 1 amide bonds. The van der Waals surface area contributed by atoms with Crippen molar-refractivity contribution in [3.05, 3.63) is 88.4 Å². The lowest BCUT2D eigenvalue weighted by atomic mass is 10.1. The Balaban J connectivity index is 1.40. The molecule has 1 heterocycles. The van der Waals surface area contributed by atoms with Crippen LogP contribution in [0.1, 0.15) is 21.5 Å². The van der Waals surface area contributed by atoms with Crippen molar-refractivity contribution in [2.75, 3.05) is 36.4 Å². The molecule has 1 N–H and O–H groups in total. The monoisotopic (exact) mass is 571 g/mol. The van der Waals surface area contributed by atoms with E-state index >= 15 is 0 Å². The molecule has 0 atom stereocenters. The first-order chi connectivity index (χ1) is 17.5. The molecule has 0 aromatic heterocycles. The van der Waals surface area contributed by atoms with Gasteiger partial charge < -0.3 is 10.2 Å². The van der Waals surface area contributed by atoms with Crippen molar-refractivity contribution in [2.45, 2.75) is 17.0 Å². The van der Waals surface area contributed by atoms with Gasteiger partial charge in [-0.3, -0.25) is 4.79 Å². The number of nitrogens with zero attached hydrogens (tertiary/aromatic N) is 2. The maximum atomic E-state index is 13.1. The number of nitrogens with one attached hydrogen (secondary N) is 1. The molecule has 0 saturated carbocycles. The van der Waals surface area contributed by atoms with Crippen LogP contribution in [0.15, 0.2) is 71.6 Å².